The van der Waals surface area contributed by atoms with Crippen LogP contribution in [0.15, 0.2) is 18.2 Å². The second kappa shape index (κ2) is 8.77. The lowest BCUT2D eigenvalue weighted by molar-refractivity contribution is 0.0120. The van der Waals surface area contributed by atoms with Crippen molar-refractivity contribution in [2.45, 2.75) is 45.0 Å². The van der Waals surface area contributed by atoms with Crippen molar-refractivity contribution in [1.29, 1.82) is 0 Å². The van der Waals surface area contributed by atoms with E-state index < -0.39 is 35.7 Å². The standard InChI is InChI=1S/C17H24FNO6/c1-17(2,3)25-16(23)19-6-5-13(20)14(21)10-7-11(15(22)24-4)9-12(18)8-10/h7-9,13-14,20-21H,5-6H2,1-4H3,(H,19,23). The van der Waals surface area contributed by atoms with E-state index in [4.69, 9.17) is 4.74 Å². The maximum absolute atomic E-state index is 13.6. The van der Waals surface area contributed by atoms with E-state index in [9.17, 15) is 24.2 Å². The van der Waals surface area contributed by atoms with Gasteiger partial charge in [0.2, 0.25) is 0 Å². The minimum Gasteiger partial charge on any atom is -0.465 e. The van der Waals surface area contributed by atoms with Crippen LogP contribution in [-0.2, 0) is 9.47 Å². The van der Waals surface area contributed by atoms with Gasteiger partial charge in [-0.15, -0.1) is 0 Å². The van der Waals surface area contributed by atoms with Gasteiger partial charge in [-0.2, -0.15) is 0 Å². The fraction of sp³-hybridized carbons (Fsp3) is 0.529. The molecule has 140 valence electrons. The summed E-state index contributed by atoms with van der Waals surface area (Å²) >= 11 is 0. The van der Waals surface area contributed by atoms with E-state index in [2.05, 4.69) is 10.1 Å². The molecule has 3 N–H and O–H groups in total. The zero-order valence-electron chi connectivity index (χ0n) is 14.7. The van der Waals surface area contributed by atoms with Gasteiger partial charge in [0.15, 0.2) is 0 Å². The Labute approximate surface area is 145 Å². The Balaban J connectivity index is 2.64. The van der Waals surface area contributed by atoms with E-state index >= 15 is 0 Å². The maximum Gasteiger partial charge on any atom is 0.407 e. The molecule has 1 amide bonds. The summed E-state index contributed by atoms with van der Waals surface area (Å²) in [6.45, 7) is 5.20. The lowest BCUT2D eigenvalue weighted by atomic mass is 10.00. The van der Waals surface area contributed by atoms with Crippen molar-refractivity contribution in [2.24, 2.45) is 0 Å². The molecule has 0 aliphatic rings. The van der Waals surface area contributed by atoms with E-state index in [1.54, 1.807) is 20.8 Å². The zero-order valence-corrected chi connectivity index (χ0v) is 14.7. The van der Waals surface area contributed by atoms with Crippen LogP contribution in [0.5, 0.6) is 0 Å². The summed E-state index contributed by atoms with van der Waals surface area (Å²) in [5.41, 5.74) is -0.686. The van der Waals surface area contributed by atoms with Gasteiger partial charge in [0.25, 0.3) is 0 Å². The molecular weight excluding hydrogens is 333 g/mol. The number of carbonyl (C=O) groups is 2. The Morgan fingerprint density at radius 3 is 2.44 bits per heavy atom. The van der Waals surface area contributed by atoms with Gasteiger partial charge in [0.05, 0.1) is 18.8 Å². The van der Waals surface area contributed by atoms with Crippen LogP contribution >= 0.6 is 0 Å². The van der Waals surface area contributed by atoms with Crippen molar-refractivity contribution in [3.8, 4) is 0 Å². The van der Waals surface area contributed by atoms with Crippen LogP contribution < -0.4 is 5.32 Å². The average Bonchev–Trinajstić information content (AvgIpc) is 2.50. The van der Waals surface area contributed by atoms with Crippen molar-refractivity contribution in [1.82, 2.24) is 5.32 Å². The number of rotatable bonds is 6. The molecule has 2 unspecified atom stereocenters. The summed E-state index contributed by atoms with van der Waals surface area (Å²) < 4.78 is 23.1. The van der Waals surface area contributed by atoms with Crippen LogP contribution in [0, 0.1) is 5.82 Å². The molecule has 1 aromatic carbocycles. The van der Waals surface area contributed by atoms with Gasteiger partial charge < -0.3 is 25.0 Å². The SMILES string of the molecule is COC(=O)c1cc(F)cc(C(O)C(O)CCNC(=O)OC(C)(C)C)c1. The van der Waals surface area contributed by atoms with E-state index in [0.717, 1.165) is 19.2 Å². The third-order valence-corrected chi connectivity index (χ3v) is 3.16. The molecule has 0 aliphatic heterocycles. The fourth-order valence-corrected chi connectivity index (χ4v) is 2.04. The fourth-order valence-electron chi connectivity index (χ4n) is 2.04. The van der Waals surface area contributed by atoms with Crippen LogP contribution in [0.25, 0.3) is 0 Å². The van der Waals surface area contributed by atoms with Gasteiger partial charge in [-0.3, -0.25) is 0 Å². The third-order valence-electron chi connectivity index (χ3n) is 3.16. The first kappa shape index (κ1) is 20.9. The molecule has 0 saturated carbocycles. The number of benzene rings is 1. The molecule has 0 heterocycles. The predicted molar refractivity (Wildman–Crippen MR) is 87.6 cm³/mol. The molecule has 1 rings (SSSR count). The normalized spacial score (nSPS) is 13.7. The van der Waals surface area contributed by atoms with E-state index in [-0.39, 0.29) is 24.1 Å². The summed E-state index contributed by atoms with van der Waals surface area (Å²) in [7, 11) is 1.15. The molecule has 0 saturated heterocycles. The second-order valence-electron chi connectivity index (χ2n) is 6.49. The highest BCUT2D eigenvalue weighted by Crippen LogP contribution is 2.22. The predicted octanol–water partition coefficient (Wildman–Crippen LogP) is 1.92. The van der Waals surface area contributed by atoms with E-state index in [1.807, 2.05) is 0 Å². The molecule has 2 atom stereocenters. The van der Waals surface area contributed by atoms with Gasteiger partial charge >= 0.3 is 12.1 Å². The van der Waals surface area contributed by atoms with Gasteiger partial charge in [-0.1, -0.05) is 0 Å². The number of hydrogen-bond acceptors (Lipinski definition) is 6. The number of amides is 1. The number of methoxy groups -OCH3 is 1. The third kappa shape index (κ3) is 7.06. The lowest BCUT2D eigenvalue weighted by Gasteiger charge is -2.21. The van der Waals surface area contributed by atoms with Crippen LogP contribution in [-0.4, -0.2) is 47.6 Å². The minimum atomic E-state index is -1.43. The molecule has 0 aliphatic carbocycles. The number of halogens is 1. The zero-order chi connectivity index (χ0) is 19.2. The first-order valence-electron chi connectivity index (χ1n) is 7.75. The van der Waals surface area contributed by atoms with Crippen LogP contribution in [0.1, 0.15) is 49.2 Å². The molecular formula is C17H24FNO6. The molecule has 0 fully saturated rings. The first-order valence-corrected chi connectivity index (χ1v) is 7.75. The highest BCUT2D eigenvalue weighted by Gasteiger charge is 2.22. The smallest absolute Gasteiger partial charge is 0.407 e. The van der Waals surface area contributed by atoms with Crippen LogP contribution in [0.4, 0.5) is 9.18 Å². The molecule has 0 bridgehead atoms. The minimum absolute atomic E-state index is 0.00444. The summed E-state index contributed by atoms with van der Waals surface area (Å²) in [4.78, 5) is 23.0. The lowest BCUT2D eigenvalue weighted by Crippen LogP contribution is -2.34. The first-order chi connectivity index (χ1) is 11.5. The Bertz CT molecular complexity index is 614. The second-order valence-corrected chi connectivity index (χ2v) is 6.49. The molecule has 25 heavy (non-hydrogen) atoms. The largest absolute Gasteiger partial charge is 0.465 e. The quantitative estimate of drug-likeness (QED) is 0.672. The van der Waals surface area contributed by atoms with Crippen LogP contribution in [0.2, 0.25) is 0 Å². The number of ether oxygens (including phenoxy) is 2. The van der Waals surface area contributed by atoms with Gasteiger partial charge in [0, 0.05) is 6.54 Å². The van der Waals surface area contributed by atoms with Gasteiger partial charge in [-0.25, -0.2) is 14.0 Å². The van der Waals surface area contributed by atoms with E-state index in [0.29, 0.717) is 0 Å². The van der Waals surface area contributed by atoms with Crippen molar-refractivity contribution in [3.05, 3.63) is 35.1 Å². The number of alkyl carbamates (subject to hydrolysis) is 1. The Hall–Kier alpha value is -2.19. The number of nitrogens with one attached hydrogen (secondary N) is 1. The van der Waals surface area contributed by atoms with E-state index in [1.165, 1.54) is 6.07 Å². The molecule has 1 aromatic rings. The number of esters is 1. The molecule has 8 heteroatoms. The van der Waals surface area contributed by atoms with Crippen LogP contribution in [0.3, 0.4) is 0 Å². The Morgan fingerprint density at radius 2 is 1.88 bits per heavy atom. The van der Waals surface area contributed by atoms with Crippen molar-refractivity contribution in [2.75, 3.05) is 13.7 Å². The average molecular weight is 357 g/mol. The van der Waals surface area contributed by atoms with Crippen molar-refractivity contribution in [3.63, 3.8) is 0 Å². The highest BCUT2D eigenvalue weighted by atomic mass is 19.1. The number of carbonyl (C=O) groups excluding carboxylic acids is 2. The summed E-state index contributed by atoms with van der Waals surface area (Å²) in [5.74, 6) is -1.50. The topological polar surface area (TPSA) is 105 Å². The molecule has 7 nitrogen and oxygen atoms in total. The van der Waals surface area contributed by atoms with Gasteiger partial charge in [0.1, 0.15) is 17.5 Å². The maximum atomic E-state index is 13.6. The van der Waals surface area contributed by atoms with Crippen molar-refractivity contribution < 1.29 is 33.7 Å². The van der Waals surface area contributed by atoms with Crippen molar-refractivity contribution >= 4 is 12.1 Å². The van der Waals surface area contributed by atoms with Gasteiger partial charge in [-0.05, 0) is 51.0 Å². The summed E-state index contributed by atoms with van der Waals surface area (Å²) in [6, 6.07) is 3.23. The molecule has 0 radical (unpaired) electrons. The highest BCUT2D eigenvalue weighted by molar-refractivity contribution is 5.89. The monoisotopic (exact) mass is 357 g/mol. The Morgan fingerprint density at radius 1 is 1.24 bits per heavy atom. The summed E-state index contributed by atoms with van der Waals surface area (Å²) in [6.07, 6.45) is -3.35. The number of aliphatic hydroxyl groups is 2. The number of aliphatic hydroxyl groups excluding tert-OH is 2. The Kier molecular flexibility index (Phi) is 7.32. The summed E-state index contributed by atoms with van der Waals surface area (Å²) in [5, 5.41) is 22.6. The number of hydrogen-bond donors (Lipinski definition) is 3. The molecule has 0 spiro atoms. The molecule has 0 aromatic heterocycles.